The van der Waals surface area contributed by atoms with Crippen molar-refractivity contribution in [1.82, 2.24) is 20.1 Å². The molecule has 21 heavy (non-hydrogen) atoms. The van der Waals surface area contributed by atoms with E-state index in [0.717, 1.165) is 6.42 Å². The Balaban J connectivity index is 1.75. The number of amides is 1. The molecule has 7 nitrogen and oxygen atoms in total. The molecule has 0 spiro atoms. The molecule has 0 aliphatic heterocycles. The molecule has 3 unspecified atom stereocenters. The van der Waals surface area contributed by atoms with Crippen LogP contribution in [0, 0.1) is 23.7 Å². The zero-order valence-electron chi connectivity index (χ0n) is 11.9. The van der Waals surface area contributed by atoms with Crippen LogP contribution in [0.3, 0.4) is 0 Å². The minimum absolute atomic E-state index is 0.0200. The average molecular weight is 290 g/mol. The minimum Gasteiger partial charge on any atom is -0.481 e. The molecule has 3 rings (SSSR count). The fourth-order valence-corrected chi connectivity index (χ4v) is 3.57. The van der Waals surface area contributed by atoms with Gasteiger partial charge in [-0.2, -0.15) is 0 Å². The zero-order chi connectivity index (χ0) is 15.1. The highest BCUT2D eigenvalue weighted by Gasteiger charge is 2.51. The fourth-order valence-electron chi connectivity index (χ4n) is 3.57. The number of hydrogen-bond acceptors (Lipinski definition) is 4. The van der Waals surface area contributed by atoms with Gasteiger partial charge < -0.3 is 15.0 Å². The third-order valence-corrected chi connectivity index (χ3v) is 4.54. The van der Waals surface area contributed by atoms with Gasteiger partial charge >= 0.3 is 5.97 Å². The van der Waals surface area contributed by atoms with Gasteiger partial charge in [-0.05, 0) is 25.2 Å². The van der Waals surface area contributed by atoms with Crippen LogP contribution >= 0.6 is 0 Å². The molecule has 0 saturated heterocycles. The van der Waals surface area contributed by atoms with Crippen molar-refractivity contribution >= 4 is 11.9 Å². The number of nitrogens with one attached hydrogen (secondary N) is 1. The van der Waals surface area contributed by atoms with Crippen LogP contribution in [0.15, 0.2) is 18.5 Å². The number of fused-ring (bicyclic) bond motifs is 2. The number of aliphatic carboxylic acids is 1. The number of nitrogens with zero attached hydrogens (tertiary/aromatic N) is 3. The van der Waals surface area contributed by atoms with Gasteiger partial charge in [0.1, 0.15) is 6.33 Å². The monoisotopic (exact) mass is 290 g/mol. The van der Waals surface area contributed by atoms with Crippen LogP contribution in [-0.2, 0) is 16.6 Å². The van der Waals surface area contributed by atoms with Gasteiger partial charge in [-0.3, -0.25) is 9.59 Å². The van der Waals surface area contributed by atoms with Gasteiger partial charge in [0, 0.05) is 7.05 Å². The molecule has 112 valence electrons. The van der Waals surface area contributed by atoms with Crippen LogP contribution in [0.5, 0.6) is 0 Å². The summed E-state index contributed by atoms with van der Waals surface area (Å²) >= 11 is 0. The molecule has 2 N–H and O–H groups in total. The first kappa shape index (κ1) is 13.8. The summed E-state index contributed by atoms with van der Waals surface area (Å²) in [5.74, 6) is -1.56. The normalized spacial score (nSPS) is 31.3. The summed E-state index contributed by atoms with van der Waals surface area (Å²) in [7, 11) is 1.80. The van der Waals surface area contributed by atoms with E-state index in [-0.39, 0.29) is 23.8 Å². The second kappa shape index (κ2) is 4.98. The van der Waals surface area contributed by atoms with Crippen molar-refractivity contribution < 1.29 is 14.7 Å². The fraction of sp³-hybridized carbons (Fsp3) is 0.571. The van der Waals surface area contributed by atoms with E-state index < -0.39 is 17.8 Å². The smallest absolute Gasteiger partial charge is 0.307 e. The van der Waals surface area contributed by atoms with Crippen molar-refractivity contribution in [3.63, 3.8) is 0 Å². The van der Waals surface area contributed by atoms with Crippen molar-refractivity contribution in [1.29, 1.82) is 0 Å². The van der Waals surface area contributed by atoms with Crippen LogP contribution in [0.1, 0.15) is 25.2 Å². The summed E-state index contributed by atoms with van der Waals surface area (Å²) in [4.78, 5) is 23.9. The minimum atomic E-state index is -0.890. The summed E-state index contributed by atoms with van der Waals surface area (Å²) in [6.45, 7) is 1.82. The Morgan fingerprint density at radius 2 is 2.05 bits per heavy atom. The van der Waals surface area contributed by atoms with Gasteiger partial charge in [-0.25, -0.2) is 0 Å². The molecular formula is C14H18N4O3. The summed E-state index contributed by atoms with van der Waals surface area (Å²) in [5.41, 5.74) is 0. The lowest BCUT2D eigenvalue weighted by Gasteiger charge is -2.25. The highest BCUT2D eigenvalue weighted by atomic mass is 16.4. The first-order chi connectivity index (χ1) is 9.99. The summed E-state index contributed by atoms with van der Waals surface area (Å²) < 4.78 is 1.74. The van der Waals surface area contributed by atoms with E-state index in [0.29, 0.717) is 5.82 Å². The van der Waals surface area contributed by atoms with E-state index in [1.807, 2.05) is 19.1 Å². The standard InChI is InChI=1S/C14H18N4O3/c1-7(12-17-15-6-18(12)2)16-13(19)10-8-3-4-9(5-8)11(10)14(20)21/h3-4,6-11H,5H2,1-2H3,(H,16,19)(H,20,21)/t7?,8?,9?,10-,11+/m0/s1. The van der Waals surface area contributed by atoms with E-state index >= 15 is 0 Å². The number of carbonyl (C=O) groups excluding carboxylic acids is 1. The number of carbonyl (C=O) groups is 2. The Labute approximate surface area is 122 Å². The van der Waals surface area contributed by atoms with Crippen molar-refractivity contribution in [2.45, 2.75) is 19.4 Å². The van der Waals surface area contributed by atoms with E-state index in [1.165, 1.54) is 0 Å². The van der Waals surface area contributed by atoms with Crippen molar-refractivity contribution in [2.24, 2.45) is 30.7 Å². The van der Waals surface area contributed by atoms with Gasteiger partial charge in [-0.15, -0.1) is 10.2 Å². The maximum Gasteiger partial charge on any atom is 0.307 e. The highest BCUT2D eigenvalue weighted by Crippen LogP contribution is 2.48. The van der Waals surface area contributed by atoms with Crippen LogP contribution in [0.25, 0.3) is 0 Å². The highest BCUT2D eigenvalue weighted by molar-refractivity contribution is 5.87. The lowest BCUT2D eigenvalue weighted by atomic mass is 9.82. The molecule has 1 aromatic rings. The summed E-state index contributed by atoms with van der Waals surface area (Å²) in [6, 6.07) is -0.303. The number of aryl methyl sites for hydroxylation is 1. The van der Waals surface area contributed by atoms with Crippen LogP contribution in [0.2, 0.25) is 0 Å². The Hall–Kier alpha value is -2.18. The van der Waals surface area contributed by atoms with Gasteiger partial charge in [0.2, 0.25) is 5.91 Å². The Morgan fingerprint density at radius 1 is 1.38 bits per heavy atom. The maximum atomic E-state index is 12.5. The second-order valence-electron chi connectivity index (χ2n) is 5.87. The number of allylic oxidation sites excluding steroid dienone is 2. The topological polar surface area (TPSA) is 97.1 Å². The van der Waals surface area contributed by atoms with E-state index in [1.54, 1.807) is 17.9 Å². The van der Waals surface area contributed by atoms with E-state index in [9.17, 15) is 14.7 Å². The van der Waals surface area contributed by atoms with Gasteiger partial charge in [0.05, 0.1) is 17.9 Å². The molecule has 2 aliphatic rings. The average Bonchev–Trinajstić information content (AvgIpc) is 3.11. The first-order valence-corrected chi connectivity index (χ1v) is 7.04. The molecule has 2 aliphatic carbocycles. The van der Waals surface area contributed by atoms with Crippen LogP contribution in [-0.4, -0.2) is 31.7 Å². The quantitative estimate of drug-likeness (QED) is 0.788. The van der Waals surface area contributed by atoms with Gasteiger partial charge in [0.25, 0.3) is 0 Å². The van der Waals surface area contributed by atoms with Gasteiger partial charge in [-0.1, -0.05) is 12.2 Å². The third-order valence-electron chi connectivity index (χ3n) is 4.54. The molecule has 0 radical (unpaired) electrons. The Morgan fingerprint density at radius 3 is 2.62 bits per heavy atom. The summed E-state index contributed by atoms with van der Waals surface area (Å²) in [5, 5.41) is 20.0. The molecule has 2 bridgehead atoms. The Bertz CT molecular complexity index is 609. The lowest BCUT2D eigenvalue weighted by Crippen LogP contribution is -2.41. The number of carboxylic acid groups (broad SMARTS) is 1. The molecule has 1 saturated carbocycles. The van der Waals surface area contributed by atoms with Crippen LogP contribution < -0.4 is 5.32 Å². The molecule has 0 aromatic carbocycles. The number of hydrogen-bond donors (Lipinski definition) is 2. The van der Waals surface area contributed by atoms with E-state index in [4.69, 9.17) is 0 Å². The van der Waals surface area contributed by atoms with Crippen molar-refractivity contribution in [3.05, 3.63) is 24.3 Å². The number of rotatable bonds is 4. The molecular weight excluding hydrogens is 272 g/mol. The van der Waals surface area contributed by atoms with Crippen molar-refractivity contribution in [3.8, 4) is 0 Å². The van der Waals surface area contributed by atoms with Crippen molar-refractivity contribution in [2.75, 3.05) is 0 Å². The first-order valence-electron chi connectivity index (χ1n) is 7.04. The molecule has 1 fully saturated rings. The number of carboxylic acids is 1. The molecule has 7 heteroatoms. The lowest BCUT2D eigenvalue weighted by molar-refractivity contribution is -0.148. The third kappa shape index (κ3) is 2.22. The van der Waals surface area contributed by atoms with Crippen LogP contribution in [0.4, 0.5) is 0 Å². The predicted molar refractivity (Wildman–Crippen MR) is 72.9 cm³/mol. The molecule has 1 amide bonds. The molecule has 1 heterocycles. The SMILES string of the molecule is CC(NC(=O)[C@H]1C2C=CC(C2)[C@H]1C(=O)O)c1nncn1C. The maximum absolute atomic E-state index is 12.5. The van der Waals surface area contributed by atoms with E-state index in [2.05, 4.69) is 15.5 Å². The molecule has 5 atom stereocenters. The predicted octanol–water partition coefficient (Wildman–Crippen LogP) is 0.515. The Kier molecular flexibility index (Phi) is 3.27. The second-order valence-corrected chi connectivity index (χ2v) is 5.87. The van der Waals surface area contributed by atoms with Gasteiger partial charge in [0.15, 0.2) is 5.82 Å². The summed E-state index contributed by atoms with van der Waals surface area (Å²) in [6.07, 6.45) is 6.23. The zero-order valence-corrected chi connectivity index (χ0v) is 11.9. The number of aromatic nitrogens is 3. The molecule has 1 aromatic heterocycles. The largest absolute Gasteiger partial charge is 0.481 e.